The van der Waals surface area contributed by atoms with Gasteiger partial charge in [-0.25, -0.2) is 0 Å². The van der Waals surface area contributed by atoms with Crippen LogP contribution in [0, 0.1) is 5.92 Å². The van der Waals surface area contributed by atoms with Crippen LogP contribution >= 0.6 is 24.0 Å². The monoisotopic (exact) mass is 297 g/mol. The summed E-state index contributed by atoms with van der Waals surface area (Å²) in [6, 6.07) is 0. The van der Waals surface area contributed by atoms with Crippen molar-refractivity contribution in [1.29, 1.82) is 0 Å². The van der Waals surface area contributed by atoms with E-state index in [1.165, 1.54) is 0 Å². The lowest BCUT2D eigenvalue weighted by Gasteiger charge is -2.30. The van der Waals surface area contributed by atoms with E-state index in [1.54, 1.807) is 0 Å². The first-order chi connectivity index (χ1) is 8.11. The second-order valence-corrected chi connectivity index (χ2v) is 4.84. The highest BCUT2D eigenvalue weighted by Gasteiger charge is 2.21. The molecule has 1 fully saturated rings. The Bertz CT molecular complexity index is 266. The number of likely N-dealkylation sites (tertiary alicyclic amines) is 1. The Morgan fingerprint density at radius 2 is 1.94 bits per heavy atom. The van der Waals surface area contributed by atoms with Crippen molar-refractivity contribution in [1.82, 2.24) is 4.90 Å². The van der Waals surface area contributed by atoms with Gasteiger partial charge in [0.05, 0.1) is 13.2 Å². The maximum absolute atomic E-state index is 11.3. The first-order valence-electron chi connectivity index (χ1n) is 6.18. The zero-order valence-electron chi connectivity index (χ0n) is 10.7. The molecule has 0 radical (unpaired) electrons. The van der Waals surface area contributed by atoms with Gasteiger partial charge >= 0.3 is 5.97 Å². The van der Waals surface area contributed by atoms with Crippen molar-refractivity contribution in [2.75, 3.05) is 26.2 Å². The fourth-order valence-electron chi connectivity index (χ4n) is 2.14. The third kappa shape index (κ3) is 7.19. The fourth-order valence-corrected chi connectivity index (χ4v) is 2.25. The highest BCUT2D eigenvalue weighted by atomic mass is 35.5. The summed E-state index contributed by atoms with van der Waals surface area (Å²) in [7, 11) is 0. The molecule has 106 valence electrons. The standard InChI is InChI=1S/C12H20ClNO3.ClH/c1-2-17-12(16)9-14-7-5-10(6-8-14)3-4-11(13)15;/h10H,2-9H2,1H3;1H. The van der Waals surface area contributed by atoms with Crippen LogP contribution in [0.1, 0.15) is 32.6 Å². The van der Waals surface area contributed by atoms with Crippen LogP contribution in [0.2, 0.25) is 0 Å². The topological polar surface area (TPSA) is 46.6 Å². The fraction of sp³-hybridized carbons (Fsp3) is 0.833. The van der Waals surface area contributed by atoms with E-state index < -0.39 is 0 Å². The maximum Gasteiger partial charge on any atom is 0.320 e. The molecule has 1 rings (SSSR count). The molecule has 1 aliphatic heterocycles. The van der Waals surface area contributed by atoms with Crippen LogP contribution in [0.4, 0.5) is 0 Å². The molecule has 0 N–H and O–H groups in total. The lowest BCUT2D eigenvalue weighted by molar-refractivity contribution is -0.144. The van der Waals surface area contributed by atoms with Crippen LogP contribution in [0.3, 0.4) is 0 Å². The molecule has 0 atom stereocenters. The molecule has 1 aliphatic rings. The van der Waals surface area contributed by atoms with E-state index in [4.69, 9.17) is 16.3 Å². The molecular formula is C12H21Cl2NO3. The van der Waals surface area contributed by atoms with Gasteiger partial charge in [-0.05, 0) is 56.8 Å². The largest absolute Gasteiger partial charge is 0.465 e. The second kappa shape index (κ2) is 9.59. The van der Waals surface area contributed by atoms with Crippen molar-refractivity contribution >= 4 is 35.2 Å². The molecule has 1 saturated heterocycles. The van der Waals surface area contributed by atoms with Crippen LogP contribution in [-0.4, -0.2) is 42.4 Å². The Kier molecular flexibility index (Phi) is 9.42. The van der Waals surface area contributed by atoms with Crippen LogP contribution < -0.4 is 0 Å². The van der Waals surface area contributed by atoms with E-state index >= 15 is 0 Å². The number of esters is 1. The summed E-state index contributed by atoms with van der Waals surface area (Å²) in [5.41, 5.74) is 0. The highest BCUT2D eigenvalue weighted by molar-refractivity contribution is 6.63. The minimum Gasteiger partial charge on any atom is -0.465 e. The minimum absolute atomic E-state index is 0. The molecular weight excluding hydrogens is 277 g/mol. The number of carbonyl (C=O) groups is 2. The van der Waals surface area contributed by atoms with Crippen LogP contribution in [0.25, 0.3) is 0 Å². The van der Waals surface area contributed by atoms with Crippen molar-refractivity contribution in [2.24, 2.45) is 5.92 Å². The van der Waals surface area contributed by atoms with Gasteiger partial charge in [0, 0.05) is 6.42 Å². The Labute approximate surface area is 119 Å². The molecule has 4 nitrogen and oxygen atoms in total. The van der Waals surface area contributed by atoms with Crippen molar-refractivity contribution < 1.29 is 14.3 Å². The zero-order valence-corrected chi connectivity index (χ0v) is 12.3. The molecule has 0 aromatic rings. The summed E-state index contributed by atoms with van der Waals surface area (Å²) in [4.78, 5) is 24.1. The van der Waals surface area contributed by atoms with Crippen LogP contribution in [0.15, 0.2) is 0 Å². The van der Waals surface area contributed by atoms with Crippen molar-refractivity contribution in [3.8, 4) is 0 Å². The average Bonchev–Trinajstić information content (AvgIpc) is 2.28. The van der Waals surface area contributed by atoms with E-state index in [-0.39, 0.29) is 23.6 Å². The van der Waals surface area contributed by atoms with Gasteiger partial charge in [0.25, 0.3) is 0 Å². The zero-order chi connectivity index (χ0) is 12.7. The third-order valence-corrected chi connectivity index (χ3v) is 3.30. The quantitative estimate of drug-likeness (QED) is 0.557. The summed E-state index contributed by atoms with van der Waals surface area (Å²) in [6.07, 6.45) is 3.40. The van der Waals surface area contributed by atoms with Crippen molar-refractivity contribution in [3.63, 3.8) is 0 Å². The van der Waals surface area contributed by atoms with Gasteiger partial charge in [0.2, 0.25) is 5.24 Å². The molecule has 0 aromatic carbocycles. The van der Waals surface area contributed by atoms with Crippen LogP contribution in [0.5, 0.6) is 0 Å². The minimum atomic E-state index is -0.251. The molecule has 0 aliphatic carbocycles. The molecule has 0 amide bonds. The summed E-state index contributed by atoms with van der Waals surface area (Å²) in [5.74, 6) is 0.415. The second-order valence-electron chi connectivity index (χ2n) is 4.42. The predicted octanol–water partition coefficient (Wildman–Crippen LogP) is 2.23. The van der Waals surface area contributed by atoms with Crippen LogP contribution in [-0.2, 0) is 14.3 Å². The summed E-state index contributed by atoms with van der Waals surface area (Å²) >= 11 is 5.32. The Morgan fingerprint density at radius 3 is 2.44 bits per heavy atom. The lowest BCUT2D eigenvalue weighted by Crippen LogP contribution is -2.38. The predicted molar refractivity (Wildman–Crippen MR) is 73.1 cm³/mol. The van der Waals surface area contributed by atoms with E-state index in [9.17, 15) is 9.59 Å². The number of halogens is 2. The number of nitrogens with zero attached hydrogens (tertiary/aromatic N) is 1. The third-order valence-electron chi connectivity index (χ3n) is 3.11. The Morgan fingerprint density at radius 1 is 1.33 bits per heavy atom. The number of rotatable bonds is 6. The summed E-state index contributed by atoms with van der Waals surface area (Å²) in [5, 5.41) is -0.251. The van der Waals surface area contributed by atoms with E-state index in [2.05, 4.69) is 4.90 Å². The highest BCUT2D eigenvalue weighted by Crippen LogP contribution is 2.22. The maximum atomic E-state index is 11.3. The molecule has 6 heteroatoms. The summed E-state index contributed by atoms with van der Waals surface area (Å²) < 4.78 is 4.91. The molecule has 0 aromatic heterocycles. The first kappa shape index (κ1) is 17.7. The number of hydrogen-bond donors (Lipinski definition) is 0. The number of carbonyl (C=O) groups excluding carboxylic acids is 2. The SMILES string of the molecule is CCOC(=O)CN1CCC(CCC(=O)Cl)CC1.Cl. The van der Waals surface area contributed by atoms with Gasteiger partial charge < -0.3 is 4.74 Å². The number of hydrogen-bond acceptors (Lipinski definition) is 4. The Balaban J connectivity index is 0.00000289. The van der Waals surface area contributed by atoms with Gasteiger partial charge in [-0.1, -0.05) is 0 Å². The normalized spacial score (nSPS) is 17.0. The van der Waals surface area contributed by atoms with Gasteiger partial charge in [-0.3, -0.25) is 14.5 Å². The van der Waals surface area contributed by atoms with E-state index in [0.29, 0.717) is 25.5 Å². The number of piperidine rings is 1. The molecule has 18 heavy (non-hydrogen) atoms. The van der Waals surface area contributed by atoms with E-state index in [1.807, 2.05) is 6.92 Å². The van der Waals surface area contributed by atoms with Crippen molar-refractivity contribution in [3.05, 3.63) is 0 Å². The van der Waals surface area contributed by atoms with E-state index in [0.717, 1.165) is 32.4 Å². The summed E-state index contributed by atoms with van der Waals surface area (Å²) in [6.45, 7) is 4.44. The molecule has 0 spiro atoms. The molecule has 0 bridgehead atoms. The average molecular weight is 298 g/mol. The molecule has 1 heterocycles. The van der Waals surface area contributed by atoms with Gasteiger partial charge in [-0.2, -0.15) is 0 Å². The smallest absolute Gasteiger partial charge is 0.320 e. The van der Waals surface area contributed by atoms with Gasteiger partial charge in [-0.15, -0.1) is 12.4 Å². The Hall–Kier alpha value is -0.320. The number of ether oxygens (including phenoxy) is 1. The lowest BCUT2D eigenvalue weighted by atomic mass is 9.92. The molecule has 0 saturated carbocycles. The molecule has 0 unspecified atom stereocenters. The first-order valence-corrected chi connectivity index (χ1v) is 6.56. The van der Waals surface area contributed by atoms with Gasteiger partial charge in [0.15, 0.2) is 0 Å². The van der Waals surface area contributed by atoms with Crippen molar-refractivity contribution in [2.45, 2.75) is 32.6 Å². The van der Waals surface area contributed by atoms with Gasteiger partial charge in [0.1, 0.15) is 0 Å².